The Kier molecular flexibility index (Phi) is 2.92. The van der Waals surface area contributed by atoms with E-state index in [4.69, 9.17) is 16.7 Å². The predicted octanol–water partition coefficient (Wildman–Crippen LogP) is 0.205. The Bertz CT molecular complexity index is 203. The van der Waals surface area contributed by atoms with Gasteiger partial charge in [-0.1, -0.05) is 0 Å². The number of hydrogen-bond acceptors (Lipinski definition) is 2. The molecule has 1 saturated carbocycles. The molecule has 68 valence electrons. The van der Waals surface area contributed by atoms with Crippen LogP contribution in [0.25, 0.3) is 0 Å². The molecule has 1 aliphatic rings. The standard InChI is InChI=1S/C7H10ClNO3/c8-3-5(10)9-6(7(11)12)4-1-2-4/h4,6H,1-3H2,(H,9,10)(H,11,12)/t6-/m1/s1. The van der Waals surface area contributed by atoms with Gasteiger partial charge in [-0.2, -0.15) is 0 Å². The van der Waals surface area contributed by atoms with Crippen molar-refractivity contribution in [2.45, 2.75) is 18.9 Å². The van der Waals surface area contributed by atoms with Crippen LogP contribution in [0, 0.1) is 5.92 Å². The third-order valence-electron chi connectivity index (χ3n) is 1.80. The van der Waals surface area contributed by atoms with Gasteiger partial charge in [-0.15, -0.1) is 11.6 Å². The fourth-order valence-electron chi connectivity index (χ4n) is 1.02. The molecule has 1 aliphatic carbocycles. The molecule has 12 heavy (non-hydrogen) atoms. The SMILES string of the molecule is O=C(CCl)N[C@@H](C(=O)O)C1CC1. The molecular formula is C7H10ClNO3. The second-order valence-corrected chi connectivity index (χ2v) is 3.12. The molecule has 0 saturated heterocycles. The van der Waals surface area contributed by atoms with Crippen LogP contribution in [0.15, 0.2) is 0 Å². The third kappa shape index (κ3) is 2.37. The van der Waals surface area contributed by atoms with E-state index >= 15 is 0 Å². The van der Waals surface area contributed by atoms with Crippen LogP contribution in [0.3, 0.4) is 0 Å². The van der Waals surface area contributed by atoms with Crippen molar-refractivity contribution in [1.82, 2.24) is 5.32 Å². The van der Waals surface area contributed by atoms with Gasteiger partial charge in [0.1, 0.15) is 11.9 Å². The van der Waals surface area contributed by atoms with Crippen LogP contribution >= 0.6 is 11.6 Å². The second-order valence-electron chi connectivity index (χ2n) is 2.85. The summed E-state index contributed by atoms with van der Waals surface area (Å²) in [4.78, 5) is 21.3. The molecule has 2 N–H and O–H groups in total. The van der Waals surface area contributed by atoms with Gasteiger partial charge >= 0.3 is 5.97 Å². The van der Waals surface area contributed by atoms with E-state index in [1.165, 1.54) is 0 Å². The minimum Gasteiger partial charge on any atom is -0.480 e. The lowest BCUT2D eigenvalue weighted by atomic mass is 10.2. The van der Waals surface area contributed by atoms with Crippen molar-refractivity contribution < 1.29 is 14.7 Å². The van der Waals surface area contributed by atoms with E-state index in [0.29, 0.717) is 0 Å². The number of carboxylic acid groups (broad SMARTS) is 1. The number of halogens is 1. The average Bonchev–Trinajstić information content (AvgIpc) is 2.81. The number of aliphatic carboxylic acids is 1. The molecule has 0 unspecified atom stereocenters. The van der Waals surface area contributed by atoms with Gasteiger partial charge in [-0.05, 0) is 18.8 Å². The molecule has 0 bridgehead atoms. The minimum atomic E-state index is -0.976. The molecule has 0 radical (unpaired) electrons. The highest BCUT2D eigenvalue weighted by Crippen LogP contribution is 2.32. The molecule has 1 atom stereocenters. The first kappa shape index (κ1) is 9.32. The predicted molar refractivity (Wildman–Crippen MR) is 43.0 cm³/mol. The summed E-state index contributed by atoms with van der Waals surface area (Å²) in [6.07, 6.45) is 1.75. The second kappa shape index (κ2) is 3.76. The highest BCUT2D eigenvalue weighted by Gasteiger charge is 2.36. The van der Waals surface area contributed by atoms with Crippen molar-refractivity contribution >= 4 is 23.5 Å². The number of carbonyl (C=O) groups is 2. The number of alkyl halides is 1. The smallest absolute Gasteiger partial charge is 0.326 e. The molecule has 0 spiro atoms. The molecule has 0 aromatic carbocycles. The number of rotatable bonds is 4. The fourth-order valence-corrected chi connectivity index (χ4v) is 1.10. The van der Waals surface area contributed by atoms with Crippen LogP contribution in [0.4, 0.5) is 0 Å². The summed E-state index contributed by atoms with van der Waals surface area (Å²) in [7, 11) is 0. The van der Waals surface area contributed by atoms with Gasteiger partial charge in [0.15, 0.2) is 0 Å². The summed E-state index contributed by atoms with van der Waals surface area (Å²) in [5.74, 6) is -1.47. The minimum absolute atomic E-state index is 0.106. The zero-order valence-electron chi connectivity index (χ0n) is 6.42. The van der Waals surface area contributed by atoms with E-state index in [1.54, 1.807) is 0 Å². The first-order valence-electron chi connectivity index (χ1n) is 3.73. The number of hydrogen-bond donors (Lipinski definition) is 2. The Labute approximate surface area is 74.9 Å². The Morgan fingerprint density at radius 1 is 1.58 bits per heavy atom. The monoisotopic (exact) mass is 191 g/mol. The van der Waals surface area contributed by atoms with Crippen LogP contribution in [0.2, 0.25) is 0 Å². The van der Waals surface area contributed by atoms with Gasteiger partial charge in [0.2, 0.25) is 5.91 Å². The quantitative estimate of drug-likeness (QED) is 0.624. The first-order chi connectivity index (χ1) is 5.65. The maximum atomic E-state index is 10.8. The summed E-state index contributed by atoms with van der Waals surface area (Å²) in [5.41, 5.74) is 0. The van der Waals surface area contributed by atoms with E-state index in [9.17, 15) is 9.59 Å². The molecule has 1 amide bonds. The molecule has 0 heterocycles. The van der Waals surface area contributed by atoms with Crippen molar-refractivity contribution in [2.24, 2.45) is 5.92 Å². The number of nitrogens with one attached hydrogen (secondary N) is 1. The molecule has 0 aromatic rings. The van der Waals surface area contributed by atoms with Crippen molar-refractivity contribution in [3.8, 4) is 0 Å². The van der Waals surface area contributed by atoms with Crippen molar-refractivity contribution in [1.29, 1.82) is 0 Å². The zero-order valence-corrected chi connectivity index (χ0v) is 7.17. The van der Waals surface area contributed by atoms with Crippen molar-refractivity contribution in [3.05, 3.63) is 0 Å². The highest BCUT2D eigenvalue weighted by molar-refractivity contribution is 6.27. The van der Waals surface area contributed by atoms with E-state index < -0.39 is 17.9 Å². The maximum Gasteiger partial charge on any atom is 0.326 e. The van der Waals surface area contributed by atoms with E-state index in [0.717, 1.165) is 12.8 Å². The van der Waals surface area contributed by atoms with Crippen LogP contribution in [-0.4, -0.2) is 28.9 Å². The summed E-state index contributed by atoms with van der Waals surface area (Å²) < 4.78 is 0. The number of carboxylic acids is 1. The van der Waals surface area contributed by atoms with Gasteiger partial charge in [0.25, 0.3) is 0 Å². The van der Waals surface area contributed by atoms with Gasteiger partial charge in [-0.25, -0.2) is 4.79 Å². The van der Waals surface area contributed by atoms with Gasteiger partial charge in [0, 0.05) is 0 Å². The van der Waals surface area contributed by atoms with Gasteiger partial charge in [-0.3, -0.25) is 4.79 Å². The normalized spacial score (nSPS) is 18.4. The van der Waals surface area contributed by atoms with Crippen LogP contribution in [0.1, 0.15) is 12.8 Å². The van der Waals surface area contributed by atoms with Crippen LogP contribution in [-0.2, 0) is 9.59 Å². The molecule has 1 fully saturated rings. The summed E-state index contributed by atoms with van der Waals surface area (Å²) >= 11 is 5.22. The Balaban J connectivity index is 2.43. The molecule has 0 aliphatic heterocycles. The van der Waals surface area contributed by atoms with Crippen LogP contribution in [0.5, 0.6) is 0 Å². The lowest BCUT2D eigenvalue weighted by Gasteiger charge is -2.11. The Morgan fingerprint density at radius 2 is 2.17 bits per heavy atom. The van der Waals surface area contributed by atoms with Gasteiger partial charge < -0.3 is 10.4 Å². The summed E-state index contributed by atoms with van der Waals surface area (Å²) in [6, 6.07) is -0.740. The Morgan fingerprint density at radius 3 is 2.50 bits per heavy atom. The molecule has 0 aromatic heterocycles. The van der Waals surface area contributed by atoms with Crippen molar-refractivity contribution in [2.75, 3.05) is 5.88 Å². The van der Waals surface area contributed by atoms with Gasteiger partial charge in [0.05, 0.1) is 0 Å². The number of amides is 1. The van der Waals surface area contributed by atoms with E-state index in [-0.39, 0.29) is 11.8 Å². The topological polar surface area (TPSA) is 66.4 Å². The van der Waals surface area contributed by atoms with E-state index in [2.05, 4.69) is 5.32 Å². The lowest BCUT2D eigenvalue weighted by molar-refractivity contribution is -0.142. The average molecular weight is 192 g/mol. The Hall–Kier alpha value is -0.770. The molecule has 5 heteroatoms. The lowest BCUT2D eigenvalue weighted by Crippen LogP contribution is -2.42. The maximum absolute atomic E-state index is 10.8. The zero-order chi connectivity index (χ0) is 9.14. The largest absolute Gasteiger partial charge is 0.480 e. The molecular weight excluding hydrogens is 182 g/mol. The van der Waals surface area contributed by atoms with E-state index in [1.807, 2.05) is 0 Å². The first-order valence-corrected chi connectivity index (χ1v) is 4.26. The third-order valence-corrected chi connectivity index (χ3v) is 2.04. The van der Waals surface area contributed by atoms with Crippen LogP contribution < -0.4 is 5.32 Å². The molecule has 1 rings (SSSR count). The highest BCUT2D eigenvalue weighted by atomic mass is 35.5. The summed E-state index contributed by atoms with van der Waals surface area (Å²) in [5, 5.41) is 11.0. The number of carbonyl (C=O) groups excluding carboxylic acids is 1. The molecule has 4 nitrogen and oxygen atoms in total. The van der Waals surface area contributed by atoms with Crippen molar-refractivity contribution in [3.63, 3.8) is 0 Å². The fraction of sp³-hybridized carbons (Fsp3) is 0.714. The summed E-state index contributed by atoms with van der Waals surface area (Å²) in [6.45, 7) is 0.